The summed E-state index contributed by atoms with van der Waals surface area (Å²) in [5.41, 5.74) is 0.626. The molecule has 0 aliphatic rings. The average molecular weight is 382 g/mol. The number of aryl methyl sites for hydroxylation is 2. The van der Waals surface area contributed by atoms with Crippen LogP contribution in [0.15, 0.2) is 29.1 Å². The van der Waals surface area contributed by atoms with Crippen molar-refractivity contribution >= 4 is 11.2 Å². The SMILES string of the molecule is CC(CCCc1nc2c(nc(-c3ccc(F)cc3)n2C)c(=O)[nH]1)C(F)(F)F. The number of hydrogen-bond donors (Lipinski definition) is 1. The molecule has 1 aromatic carbocycles. The zero-order valence-electron chi connectivity index (χ0n) is 14.8. The second-order valence-electron chi connectivity index (χ2n) is 6.52. The number of H-pyrrole nitrogens is 1. The van der Waals surface area contributed by atoms with Gasteiger partial charge in [0, 0.05) is 19.0 Å². The van der Waals surface area contributed by atoms with Crippen molar-refractivity contribution in [1.82, 2.24) is 19.5 Å². The molecule has 5 nitrogen and oxygen atoms in total. The van der Waals surface area contributed by atoms with Crippen molar-refractivity contribution in [2.24, 2.45) is 13.0 Å². The van der Waals surface area contributed by atoms with E-state index in [4.69, 9.17) is 0 Å². The molecule has 0 bridgehead atoms. The first-order valence-electron chi connectivity index (χ1n) is 8.45. The van der Waals surface area contributed by atoms with E-state index in [1.807, 2.05) is 0 Å². The maximum Gasteiger partial charge on any atom is 0.391 e. The second-order valence-corrected chi connectivity index (χ2v) is 6.52. The summed E-state index contributed by atoms with van der Waals surface area (Å²) in [7, 11) is 1.68. The number of halogens is 4. The van der Waals surface area contributed by atoms with Crippen molar-refractivity contribution in [3.8, 4) is 11.4 Å². The lowest BCUT2D eigenvalue weighted by atomic mass is 10.0. The van der Waals surface area contributed by atoms with Crippen molar-refractivity contribution in [1.29, 1.82) is 0 Å². The summed E-state index contributed by atoms with van der Waals surface area (Å²) in [6.07, 6.45) is -3.80. The molecule has 144 valence electrons. The van der Waals surface area contributed by atoms with E-state index >= 15 is 0 Å². The highest BCUT2D eigenvalue weighted by Crippen LogP contribution is 2.29. The number of benzene rings is 1. The number of aromatic nitrogens is 4. The fourth-order valence-corrected chi connectivity index (χ4v) is 2.83. The zero-order chi connectivity index (χ0) is 19.8. The predicted molar refractivity (Wildman–Crippen MR) is 92.7 cm³/mol. The van der Waals surface area contributed by atoms with Gasteiger partial charge in [-0.1, -0.05) is 6.92 Å². The van der Waals surface area contributed by atoms with E-state index in [0.717, 1.165) is 6.92 Å². The molecule has 0 aliphatic carbocycles. The standard InChI is InChI=1S/C18H18F4N4O/c1-10(18(20,21)22)4-3-5-13-23-16-14(17(27)24-13)25-15(26(16)2)11-6-8-12(19)9-7-11/h6-10H,3-5H2,1-2H3,(H,23,24,27). The molecular weight excluding hydrogens is 364 g/mol. The lowest BCUT2D eigenvalue weighted by Crippen LogP contribution is -2.20. The number of alkyl halides is 3. The van der Waals surface area contributed by atoms with Crippen molar-refractivity contribution < 1.29 is 17.6 Å². The minimum atomic E-state index is -4.23. The first-order chi connectivity index (χ1) is 12.7. The molecule has 3 rings (SSSR count). The Morgan fingerprint density at radius 3 is 2.48 bits per heavy atom. The number of imidazole rings is 1. The molecular formula is C18H18F4N4O. The Bertz CT molecular complexity index is 1010. The molecule has 0 fully saturated rings. The average Bonchev–Trinajstić information content (AvgIpc) is 2.92. The van der Waals surface area contributed by atoms with Gasteiger partial charge in [0.2, 0.25) is 0 Å². The highest BCUT2D eigenvalue weighted by molar-refractivity contribution is 5.76. The van der Waals surface area contributed by atoms with Crippen LogP contribution in [0.5, 0.6) is 0 Å². The van der Waals surface area contributed by atoms with E-state index in [2.05, 4.69) is 15.0 Å². The van der Waals surface area contributed by atoms with E-state index in [9.17, 15) is 22.4 Å². The number of rotatable bonds is 5. The minimum absolute atomic E-state index is 0.0442. The molecule has 0 saturated carbocycles. The molecule has 1 N–H and O–H groups in total. The quantitative estimate of drug-likeness (QED) is 0.679. The maximum atomic E-state index is 13.1. The first-order valence-corrected chi connectivity index (χ1v) is 8.45. The molecule has 1 atom stereocenters. The molecule has 3 aromatic rings. The predicted octanol–water partition coefficient (Wildman–Crippen LogP) is 3.98. The largest absolute Gasteiger partial charge is 0.391 e. The third kappa shape index (κ3) is 4.01. The van der Waals surface area contributed by atoms with Gasteiger partial charge in [-0.25, -0.2) is 14.4 Å². The normalized spacial score (nSPS) is 13.3. The Hall–Kier alpha value is -2.71. The van der Waals surface area contributed by atoms with Crippen LogP contribution in [0, 0.1) is 11.7 Å². The summed E-state index contributed by atoms with van der Waals surface area (Å²) in [6.45, 7) is 1.13. The van der Waals surface area contributed by atoms with Gasteiger partial charge in [0.1, 0.15) is 17.5 Å². The van der Waals surface area contributed by atoms with Crippen LogP contribution in [0.3, 0.4) is 0 Å². The van der Waals surface area contributed by atoms with Crippen LogP contribution in [0.25, 0.3) is 22.6 Å². The van der Waals surface area contributed by atoms with E-state index in [-0.39, 0.29) is 30.6 Å². The molecule has 0 amide bonds. The summed E-state index contributed by atoms with van der Waals surface area (Å²) in [6, 6.07) is 5.67. The highest BCUT2D eigenvalue weighted by Gasteiger charge is 2.35. The van der Waals surface area contributed by atoms with Gasteiger partial charge < -0.3 is 9.55 Å². The molecule has 2 heterocycles. The van der Waals surface area contributed by atoms with Crippen LogP contribution in [-0.2, 0) is 13.5 Å². The van der Waals surface area contributed by atoms with Crippen molar-refractivity contribution in [2.75, 3.05) is 0 Å². The molecule has 0 spiro atoms. The molecule has 1 unspecified atom stereocenters. The summed E-state index contributed by atoms with van der Waals surface area (Å²) in [4.78, 5) is 23.5. The Balaban J connectivity index is 1.87. The summed E-state index contributed by atoms with van der Waals surface area (Å²) < 4.78 is 52.5. The van der Waals surface area contributed by atoms with Gasteiger partial charge >= 0.3 is 6.18 Å². The number of aromatic amines is 1. The molecule has 9 heteroatoms. The second kappa shape index (κ2) is 7.13. The van der Waals surface area contributed by atoms with Crippen LogP contribution < -0.4 is 5.56 Å². The molecule has 2 aromatic heterocycles. The topological polar surface area (TPSA) is 63.6 Å². The Kier molecular flexibility index (Phi) is 5.03. The monoisotopic (exact) mass is 382 g/mol. The van der Waals surface area contributed by atoms with Gasteiger partial charge in [-0.15, -0.1) is 0 Å². The summed E-state index contributed by atoms with van der Waals surface area (Å²) >= 11 is 0. The smallest absolute Gasteiger partial charge is 0.312 e. The molecule has 27 heavy (non-hydrogen) atoms. The van der Waals surface area contributed by atoms with Gasteiger partial charge in [-0.2, -0.15) is 13.2 Å². The van der Waals surface area contributed by atoms with Crippen LogP contribution in [0.1, 0.15) is 25.6 Å². The fourth-order valence-electron chi connectivity index (χ4n) is 2.83. The van der Waals surface area contributed by atoms with Gasteiger partial charge in [-0.3, -0.25) is 4.79 Å². The van der Waals surface area contributed by atoms with E-state index in [1.54, 1.807) is 23.7 Å². The van der Waals surface area contributed by atoms with E-state index < -0.39 is 17.7 Å². The van der Waals surface area contributed by atoms with E-state index in [1.165, 1.54) is 12.1 Å². The van der Waals surface area contributed by atoms with Crippen molar-refractivity contribution in [2.45, 2.75) is 32.4 Å². The number of nitrogens with zero attached hydrogens (tertiary/aromatic N) is 3. The molecule has 0 aliphatic heterocycles. The Morgan fingerprint density at radius 1 is 1.19 bits per heavy atom. The third-order valence-electron chi connectivity index (χ3n) is 4.49. The zero-order valence-corrected chi connectivity index (χ0v) is 14.8. The maximum absolute atomic E-state index is 13.1. The Labute approximate surface area is 152 Å². The fraction of sp³-hybridized carbons (Fsp3) is 0.389. The molecule has 0 radical (unpaired) electrons. The van der Waals surface area contributed by atoms with Crippen LogP contribution in [0.2, 0.25) is 0 Å². The summed E-state index contributed by atoms with van der Waals surface area (Å²) in [5, 5.41) is 0. The van der Waals surface area contributed by atoms with Crippen molar-refractivity contribution in [3.05, 3.63) is 46.3 Å². The van der Waals surface area contributed by atoms with Gasteiger partial charge in [0.15, 0.2) is 11.2 Å². The number of hydrogen-bond acceptors (Lipinski definition) is 3. The highest BCUT2D eigenvalue weighted by atomic mass is 19.4. The summed E-state index contributed by atoms with van der Waals surface area (Å²) in [5.74, 6) is -1.03. The van der Waals surface area contributed by atoms with Gasteiger partial charge in [0.05, 0.1) is 5.92 Å². The lowest BCUT2D eigenvalue weighted by molar-refractivity contribution is -0.171. The first kappa shape index (κ1) is 19.1. The van der Waals surface area contributed by atoms with Crippen LogP contribution in [0.4, 0.5) is 17.6 Å². The van der Waals surface area contributed by atoms with Gasteiger partial charge in [-0.05, 0) is 37.1 Å². The minimum Gasteiger partial charge on any atom is -0.312 e. The van der Waals surface area contributed by atoms with E-state index in [0.29, 0.717) is 22.9 Å². The van der Waals surface area contributed by atoms with Crippen LogP contribution in [-0.4, -0.2) is 25.7 Å². The lowest BCUT2D eigenvalue weighted by Gasteiger charge is -2.14. The third-order valence-corrected chi connectivity index (χ3v) is 4.49. The number of nitrogens with one attached hydrogen (secondary N) is 1. The van der Waals surface area contributed by atoms with Crippen LogP contribution >= 0.6 is 0 Å². The van der Waals surface area contributed by atoms with Gasteiger partial charge in [0.25, 0.3) is 5.56 Å². The molecule has 0 saturated heterocycles. The Morgan fingerprint density at radius 2 is 1.85 bits per heavy atom. The number of fused-ring (bicyclic) bond motifs is 1. The van der Waals surface area contributed by atoms with Crippen molar-refractivity contribution in [3.63, 3.8) is 0 Å².